The largest absolute Gasteiger partial charge is 0.513 e. The molecule has 1 fully saturated rings. The molecule has 1 heterocycles. The number of carbonyl (C=O) groups is 3. The highest BCUT2D eigenvalue weighted by atomic mass is 16.7. The highest BCUT2D eigenvalue weighted by Gasteiger charge is 2.23. The zero-order chi connectivity index (χ0) is 23.6. The van der Waals surface area contributed by atoms with Crippen molar-refractivity contribution in [3.63, 3.8) is 0 Å². The number of amides is 2. The normalized spacial score (nSPS) is 13.8. The van der Waals surface area contributed by atoms with Crippen LogP contribution in [0.15, 0.2) is 48.5 Å². The third kappa shape index (κ3) is 6.97. The van der Waals surface area contributed by atoms with Gasteiger partial charge in [0.1, 0.15) is 11.5 Å². The molecular weight excluding hydrogens is 424 g/mol. The average molecular weight is 455 g/mol. The minimum Gasteiger partial charge on any atom is -0.494 e. The van der Waals surface area contributed by atoms with E-state index in [1.54, 1.807) is 36.1 Å². The maximum Gasteiger partial charge on any atom is 0.513 e. The van der Waals surface area contributed by atoms with E-state index < -0.39 is 6.16 Å². The number of hydrogen-bond acceptors (Lipinski definition) is 6. The van der Waals surface area contributed by atoms with E-state index in [2.05, 4.69) is 0 Å². The van der Waals surface area contributed by atoms with E-state index in [-0.39, 0.29) is 18.4 Å². The number of nitrogens with zero attached hydrogens (tertiary/aromatic N) is 2. The molecule has 8 heteroatoms. The van der Waals surface area contributed by atoms with Crippen molar-refractivity contribution in [2.24, 2.45) is 0 Å². The first-order valence-corrected chi connectivity index (χ1v) is 11.2. The van der Waals surface area contributed by atoms with Gasteiger partial charge in [0.2, 0.25) is 5.91 Å². The molecule has 0 bridgehead atoms. The van der Waals surface area contributed by atoms with Crippen molar-refractivity contribution in [2.75, 3.05) is 39.4 Å². The minimum absolute atomic E-state index is 0.0499. The molecule has 0 spiro atoms. The highest BCUT2D eigenvalue weighted by molar-refractivity contribution is 5.94. The Labute approximate surface area is 194 Å². The Kier molecular flexibility index (Phi) is 8.69. The van der Waals surface area contributed by atoms with E-state index in [1.807, 2.05) is 36.1 Å². The van der Waals surface area contributed by atoms with E-state index in [4.69, 9.17) is 14.2 Å². The second-order valence-electron chi connectivity index (χ2n) is 7.59. The van der Waals surface area contributed by atoms with E-state index in [9.17, 15) is 14.4 Å². The molecule has 2 aromatic carbocycles. The lowest BCUT2D eigenvalue weighted by atomic mass is 10.1. The molecule has 176 valence electrons. The second kappa shape index (κ2) is 11.9. The first kappa shape index (κ1) is 24.1. The molecular formula is C25H30N2O6. The molecule has 3 rings (SSSR count). The average Bonchev–Trinajstić information content (AvgIpc) is 3.07. The number of hydrogen-bond donors (Lipinski definition) is 0. The van der Waals surface area contributed by atoms with Gasteiger partial charge in [-0.15, -0.1) is 0 Å². The molecule has 8 nitrogen and oxygen atoms in total. The van der Waals surface area contributed by atoms with Crippen LogP contribution in [0.2, 0.25) is 0 Å². The molecule has 0 atom stereocenters. The predicted octanol–water partition coefficient (Wildman–Crippen LogP) is 3.54. The summed E-state index contributed by atoms with van der Waals surface area (Å²) in [6.45, 7) is 6.61. The third-order valence-corrected chi connectivity index (χ3v) is 5.29. The Morgan fingerprint density at radius 1 is 0.788 bits per heavy atom. The van der Waals surface area contributed by atoms with Crippen LogP contribution in [-0.2, 0) is 16.0 Å². The number of carbonyl (C=O) groups excluding carboxylic acids is 3. The molecule has 2 aromatic rings. The van der Waals surface area contributed by atoms with Gasteiger partial charge in [-0.05, 0) is 62.2 Å². The Hall–Kier alpha value is -3.55. The van der Waals surface area contributed by atoms with Gasteiger partial charge >= 0.3 is 6.16 Å². The van der Waals surface area contributed by atoms with Crippen LogP contribution in [0.1, 0.15) is 36.2 Å². The fourth-order valence-electron chi connectivity index (χ4n) is 3.62. The zero-order valence-electron chi connectivity index (χ0n) is 19.1. The summed E-state index contributed by atoms with van der Waals surface area (Å²) in [6, 6.07) is 13.9. The Bertz CT molecular complexity index is 942. The third-order valence-electron chi connectivity index (χ3n) is 5.29. The number of rotatable bonds is 7. The quantitative estimate of drug-likeness (QED) is 0.470. The van der Waals surface area contributed by atoms with Gasteiger partial charge in [0, 0.05) is 31.7 Å². The van der Waals surface area contributed by atoms with E-state index in [0.29, 0.717) is 56.9 Å². The van der Waals surface area contributed by atoms with Gasteiger partial charge in [0.15, 0.2) is 0 Å². The topological polar surface area (TPSA) is 85.4 Å². The monoisotopic (exact) mass is 454 g/mol. The smallest absolute Gasteiger partial charge is 0.494 e. The molecule has 33 heavy (non-hydrogen) atoms. The molecule has 0 aliphatic carbocycles. The molecule has 0 unspecified atom stereocenters. The van der Waals surface area contributed by atoms with Crippen molar-refractivity contribution in [1.29, 1.82) is 0 Å². The van der Waals surface area contributed by atoms with Crippen molar-refractivity contribution >= 4 is 18.0 Å². The summed E-state index contributed by atoms with van der Waals surface area (Å²) in [5, 5.41) is 0. The van der Waals surface area contributed by atoms with Crippen molar-refractivity contribution in [3.05, 3.63) is 59.7 Å². The van der Waals surface area contributed by atoms with Gasteiger partial charge in [-0.2, -0.15) is 0 Å². The van der Waals surface area contributed by atoms with Gasteiger partial charge in [-0.25, -0.2) is 4.79 Å². The van der Waals surface area contributed by atoms with Crippen LogP contribution in [0.25, 0.3) is 0 Å². The van der Waals surface area contributed by atoms with Crippen LogP contribution in [-0.4, -0.2) is 67.2 Å². The lowest BCUT2D eigenvalue weighted by molar-refractivity contribution is -0.130. The highest BCUT2D eigenvalue weighted by Crippen LogP contribution is 2.17. The van der Waals surface area contributed by atoms with Crippen molar-refractivity contribution in [3.8, 4) is 11.5 Å². The summed E-state index contributed by atoms with van der Waals surface area (Å²) >= 11 is 0. The van der Waals surface area contributed by atoms with Gasteiger partial charge in [0.05, 0.1) is 19.6 Å². The summed E-state index contributed by atoms with van der Waals surface area (Å²) in [5.41, 5.74) is 1.44. The molecule has 1 aliphatic heterocycles. The first-order valence-electron chi connectivity index (χ1n) is 11.2. The molecule has 0 radical (unpaired) electrons. The summed E-state index contributed by atoms with van der Waals surface area (Å²) in [5.74, 6) is 1.04. The van der Waals surface area contributed by atoms with Crippen molar-refractivity contribution < 1.29 is 28.6 Å². The first-order chi connectivity index (χ1) is 16.0. The lowest BCUT2D eigenvalue weighted by Gasteiger charge is -2.22. The fourth-order valence-corrected chi connectivity index (χ4v) is 3.62. The predicted molar refractivity (Wildman–Crippen MR) is 123 cm³/mol. The Morgan fingerprint density at radius 2 is 1.42 bits per heavy atom. The fraction of sp³-hybridized carbons (Fsp3) is 0.400. The van der Waals surface area contributed by atoms with Crippen LogP contribution in [0, 0.1) is 0 Å². The summed E-state index contributed by atoms with van der Waals surface area (Å²) < 4.78 is 15.2. The van der Waals surface area contributed by atoms with Crippen LogP contribution in [0.4, 0.5) is 4.79 Å². The van der Waals surface area contributed by atoms with Gasteiger partial charge in [0.25, 0.3) is 5.91 Å². The summed E-state index contributed by atoms with van der Waals surface area (Å²) in [7, 11) is 0. The lowest BCUT2D eigenvalue weighted by Crippen LogP contribution is -2.38. The second-order valence-corrected chi connectivity index (χ2v) is 7.59. The molecule has 2 amide bonds. The maximum atomic E-state index is 12.9. The van der Waals surface area contributed by atoms with Crippen LogP contribution < -0.4 is 9.47 Å². The van der Waals surface area contributed by atoms with Crippen molar-refractivity contribution in [2.45, 2.75) is 26.7 Å². The molecule has 0 saturated carbocycles. The molecule has 1 saturated heterocycles. The maximum absolute atomic E-state index is 12.9. The van der Waals surface area contributed by atoms with Gasteiger partial charge < -0.3 is 24.0 Å². The SMILES string of the molecule is CCOC(=O)Oc1ccc(C(=O)N2CCCN(C(=O)Cc3ccc(OCC)cc3)CC2)cc1. The van der Waals surface area contributed by atoms with E-state index in [1.165, 1.54) is 0 Å². The summed E-state index contributed by atoms with van der Waals surface area (Å²) in [4.78, 5) is 40.7. The zero-order valence-corrected chi connectivity index (χ0v) is 19.1. The number of ether oxygens (including phenoxy) is 3. The van der Waals surface area contributed by atoms with Crippen LogP contribution in [0.5, 0.6) is 11.5 Å². The van der Waals surface area contributed by atoms with E-state index >= 15 is 0 Å². The van der Waals surface area contributed by atoms with Gasteiger partial charge in [-0.1, -0.05) is 12.1 Å². The standard InChI is InChI=1S/C25H30N2O6/c1-3-31-21-10-6-19(7-11-21)18-23(28)26-14-5-15-27(17-16-26)24(29)20-8-12-22(13-9-20)33-25(30)32-4-2/h6-13H,3-5,14-18H2,1-2H3. The number of benzene rings is 2. The molecule has 0 N–H and O–H groups in total. The minimum atomic E-state index is -0.779. The Morgan fingerprint density at radius 3 is 2.09 bits per heavy atom. The van der Waals surface area contributed by atoms with Crippen molar-refractivity contribution in [1.82, 2.24) is 9.80 Å². The Balaban J connectivity index is 1.53. The molecule has 0 aromatic heterocycles. The summed E-state index contributed by atoms with van der Waals surface area (Å²) in [6.07, 6.45) is 0.256. The van der Waals surface area contributed by atoms with Gasteiger partial charge in [-0.3, -0.25) is 9.59 Å². The van der Waals surface area contributed by atoms with E-state index in [0.717, 1.165) is 11.3 Å². The van der Waals surface area contributed by atoms with Crippen LogP contribution >= 0.6 is 0 Å². The van der Waals surface area contributed by atoms with Crippen LogP contribution in [0.3, 0.4) is 0 Å². The molecule has 1 aliphatic rings.